The maximum atomic E-state index is 10.9. The van der Waals surface area contributed by atoms with Crippen molar-refractivity contribution in [3.63, 3.8) is 0 Å². The zero-order chi connectivity index (χ0) is 51.1. The summed E-state index contributed by atoms with van der Waals surface area (Å²) in [7, 11) is 1.34. The Hall–Kier alpha value is -6.70. The second-order valence-corrected chi connectivity index (χ2v) is 18.1. The Morgan fingerprint density at radius 3 is 1.79 bits per heavy atom. The second kappa shape index (κ2) is 29.1. The van der Waals surface area contributed by atoms with E-state index in [0.717, 1.165) is 40.0 Å². The van der Waals surface area contributed by atoms with Crippen molar-refractivity contribution < 1.29 is 14.3 Å². The maximum Gasteiger partial charge on any atom is 0.327 e. The first kappa shape index (κ1) is 57.4. The summed E-state index contributed by atoms with van der Waals surface area (Å²) in [5.74, 6) is 3.36. The van der Waals surface area contributed by atoms with Crippen LogP contribution in [0.3, 0.4) is 0 Å². The predicted octanol–water partition coefficient (Wildman–Crippen LogP) is 10.3. The van der Waals surface area contributed by atoms with E-state index >= 15 is 0 Å². The molecule has 6 aromatic heterocycles. The Bertz CT molecular complexity index is 2550. The highest BCUT2D eigenvalue weighted by Gasteiger charge is 2.14. The molecular weight excluding hydrogens is 902 g/mol. The van der Waals surface area contributed by atoms with Gasteiger partial charge < -0.3 is 15.4 Å². The zero-order valence-electron chi connectivity index (χ0n) is 41.9. The molecule has 0 bridgehead atoms. The summed E-state index contributed by atoms with van der Waals surface area (Å²) >= 11 is 7.61. The van der Waals surface area contributed by atoms with Gasteiger partial charge in [-0.3, -0.25) is 19.3 Å². The minimum Gasteiger partial charge on any atom is -0.468 e. The molecule has 2 N–H and O–H groups in total. The average Bonchev–Trinajstić information content (AvgIpc) is 4.08. The Kier molecular flexibility index (Phi) is 24.6. The van der Waals surface area contributed by atoms with Crippen molar-refractivity contribution in [2.75, 3.05) is 17.7 Å². The molecule has 0 saturated heterocycles. The van der Waals surface area contributed by atoms with Crippen molar-refractivity contribution >= 4 is 46.4 Å². The molecule has 6 aromatic rings. The Balaban J connectivity index is 0.000000293. The van der Waals surface area contributed by atoms with Gasteiger partial charge in [0.25, 0.3) is 0 Å². The number of hydrogen-bond acceptors (Lipinski definition) is 16. The highest BCUT2D eigenvalue weighted by molar-refractivity contribution is 7.13. The van der Waals surface area contributed by atoms with Crippen molar-refractivity contribution in [2.45, 2.75) is 146 Å². The number of nitrogens with one attached hydrogen (secondary N) is 2. The first-order valence-electron chi connectivity index (χ1n) is 22.3. The number of esters is 1. The molecule has 0 radical (unpaired) electrons. The van der Waals surface area contributed by atoms with Crippen LogP contribution in [0.1, 0.15) is 166 Å². The fraction of sp³-hybridized carbons (Fsp3) is 0.479. The molecule has 0 aliphatic heterocycles. The summed E-state index contributed by atoms with van der Waals surface area (Å²) in [6.07, 6.45) is 10.1. The molecule has 0 aliphatic carbocycles. The number of hydrogen-bond donors (Lipinski definition) is 2. The van der Waals surface area contributed by atoms with Crippen LogP contribution in [0.2, 0.25) is 5.02 Å². The number of aromatic nitrogens is 11. The van der Waals surface area contributed by atoms with E-state index in [-0.39, 0.29) is 53.6 Å². The van der Waals surface area contributed by atoms with Crippen LogP contribution in [0.4, 0.5) is 11.6 Å². The van der Waals surface area contributed by atoms with Crippen LogP contribution in [0.5, 0.6) is 0 Å². The molecule has 6 rings (SSSR count). The number of carbonyl (C=O) groups excluding carboxylic acids is 2. The van der Waals surface area contributed by atoms with Crippen LogP contribution >= 0.6 is 22.9 Å². The summed E-state index contributed by atoms with van der Waals surface area (Å²) < 4.78 is 6.01. The third-order valence-electron chi connectivity index (χ3n) is 8.87. The number of anilines is 2. The standard InChI is InChI=1S/C11H16N4.C11H12N2S.C10H12N4O.C9H13ClN2O2.C7H13N3/c1-7(2)10-13-6-9(5-12)11(15-10)14-8(3)4;1-8(2)10-7-14-11(13-10)9-4-3-5-12-6-9;1-6(2)9-12-5-8(4-11)10(14-9)13-7(3)15;1-6(2)9-7(10)4-12(11-9)5-8(13)14-3;1-4-10-8-5-7(9-10)6(2)3/h6-8H,1-4H3,(H,13,14,15);3-8H,1-2H3;5-6H,1-3H3,(H,12,13,14,15);4,6H,5H2,1-3H3;5-6H,4H2,1-3H3. The number of carbonyl (C=O) groups is 2. The van der Waals surface area contributed by atoms with E-state index in [0.29, 0.717) is 34.1 Å². The number of amides is 1. The van der Waals surface area contributed by atoms with Gasteiger partial charge in [-0.15, -0.1) is 11.3 Å². The monoisotopic (exact) mass is 967 g/mol. The lowest BCUT2D eigenvalue weighted by Gasteiger charge is -2.12. The molecule has 6 heterocycles. The smallest absolute Gasteiger partial charge is 0.327 e. The summed E-state index contributed by atoms with van der Waals surface area (Å²) in [5, 5.41) is 39.6. The molecule has 18 nitrogen and oxygen atoms in total. The quantitative estimate of drug-likeness (QED) is 0.108. The molecule has 0 saturated carbocycles. The van der Waals surface area contributed by atoms with E-state index < -0.39 is 0 Å². The van der Waals surface area contributed by atoms with E-state index in [1.807, 2.05) is 92.9 Å². The number of halogens is 1. The van der Waals surface area contributed by atoms with Gasteiger partial charge in [0.1, 0.15) is 52.3 Å². The van der Waals surface area contributed by atoms with E-state index in [2.05, 4.69) is 99.7 Å². The predicted molar refractivity (Wildman–Crippen MR) is 267 cm³/mol. The van der Waals surface area contributed by atoms with Gasteiger partial charge in [0.05, 0.1) is 54.3 Å². The molecule has 0 unspecified atom stereocenters. The van der Waals surface area contributed by atoms with Crippen molar-refractivity contribution in [2.24, 2.45) is 0 Å². The van der Waals surface area contributed by atoms with Crippen molar-refractivity contribution in [3.8, 4) is 22.7 Å². The van der Waals surface area contributed by atoms with Gasteiger partial charge in [-0.05, 0) is 50.7 Å². The van der Waals surface area contributed by atoms with Gasteiger partial charge in [0.2, 0.25) is 5.91 Å². The minimum absolute atomic E-state index is 0.100. The van der Waals surface area contributed by atoms with Crippen LogP contribution in [0.25, 0.3) is 10.6 Å². The summed E-state index contributed by atoms with van der Waals surface area (Å²) in [6.45, 7) is 28.9. The van der Waals surface area contributed by atoms with Crippen LogP contribution < -0.4 is 10.6 Å². The van der Waals surface area contributed by atoms with E-state index in [9.17, 15) is 9.59 Å². The Morgan fingerprint density at radius 2 is 1.38 bits per heavy atom. The van der Waals surface area contributed by atoms with Gasteiger partial charge in [0, 0.05) is 54.3 Å². The minimum atomic E-state index is -0.334. The zero-order valence-corrected chi connectivity index (χ0v) is 43.5. The van der Waals surface area contributed by atoms with Gasteiger partial charge in [0.15, 0.2) is 5.82 Å². The molecule has 364 valence electrons. The number of thiazole rings is 1. The van der Waals surface area contributed by atoms with E-state index in [1.54, 1.807) is 34.7 Å². The summed E-state index contributed by atoms with van der Waals surface area (Å²) in [6, 6.07) is 8.24. The number of nitriles is 2. The first-order chi connectivity index (χ1) is 32.1. The highest BCUT2D eigenvalue weighted by Crippen LogP contribution is 2.26. The van der Waals surface area contributed by atoms with Gasteiger partial charge >= 0.3 is 5.97 Å². The summed E-state index contributed by atoms with van der Waals surface area (Å²) in [4.78, 5) is 48.8. The number of ether oxygens (including phenoxy) is 1. The van der Waals surface area contributed by atoms with Crippen LogP contribution in [-0.2, 0) is 27.4 Å². The second-order valence-electron chi connectivity index (χ2n) is 16.9. The molecule has 0 spiro atoms. The third kappa shape index (κ3) is 19.6. The fourth-order valence-electron chi connectivity index (χ4n) is 5.14. The average molecular weight is 969 g/mol. The lowest BCUT2D eigenvalue weighted by Crippen LogP contribution is -2.14. The van der Waals surface area contributed by atoms with Gasteiger partial charge in [-0.2, -0.15) is 30.6 Å². The van der Waals surface area contributed by atoms with Crippen LogP contribution in [-0.4, -0.2) is 79.7 Å². The number of aryl methyl sites for hydroxylation is 1. The molecule has 68 heavy (non-hydrogen) atoms. The molecular formula is C48H66ClN15O3S. The Labute approximate surface area is 410 Å². The number of nitrogens with zero attached hydrogens (tertiary/aromatic N) is 13. The third-order valence-corrected chi connectivity index (χ3v) is 10.1. The SMILES string of the molecule is CC(=O)Nc1nc(C(C)C)ncc1C#N.CC(C)Nc1nc(C(C)C)ncc1C#N.CC(C)c1csc(-c2cccnc2)n1.CCn1ncc(C(C)C)n1.COC(=O)Cn1cc(Cl)c(C(C)C)n1. The molecule has 0 fully saturated rings. The largest absolute Gasteiger partial charge is 0.468 e. The maximum absolute atomic E-state index is 10.9. The molecule has 0 aromatic carbocycles. The lowest BCUT2D eigenvalue weighted by atomic mass is 10.1. The van der Waals surface area contributed by atoms with Crippen molar-refractivity contribution in [1.29, 1.82) is 10.5 Å². The molecule has 1 amide bonds. The van der Waals surface area contributed by atoms with Gasteiger partial charge in [-0.1, -0.05) is 80.8 Å². The van der Waals surface area contributed by atoms with E-state index in [4.69, 9.17) is 22.1 Å². The van der Waals surface area contributed by atoms with Crippen LogP contribution in [0.15, 0.2) is 54.7 Å². The highest BCUT2D eigenvalue weighted by atomic mass is 35.5. The fourth-order valence-corrected chi connectivity index (χ4v) is 6.48. The molecule has 20 heteroatoms. The topological polar surface area (TPSA) is 241 Å². The van der Waals surface area contributed by atoms with Crippen LogP contribution in [0, 0.1) is 22.7 Å². The van der Waals surface area contributed by atoms with E-state index in [1.165, 1.54) is 24.9 Å². The Morgan fingerprint density at radius 1 is 0.794 bits per heavy atom. The number of rotatable bonds is 12. The normalized spacial score (nSPS) is 10.5. The summed E-state index contributed by atoms with van der Waals surface area (Å²) in [5.41, 5.74) is 4.90. The number of methoxy groups -OCH3 is 1. The van der Waals surface area contributed by atoms with Crippen molar-refractivity contribution in [3.05, 3.63) is 99.6 Å². The first-order valence-corrected chi connectivity index (χ1v) is 23.5. The number of pyridine rings is 1. The van der Waals surface area contributed by atoms with Crippen molar-refractivity contribution in [1.82, 2.24) is 54.7 Å². The molecule has 0 atom stereocenters. The van der Waals surface area contributed by atoms with Gasteiger partial charge in [-0.25, -0.2) is 24.9 Å². The molecule has 0 aliphatic rings. The lowest BCUT2D eigenvalue weighted by molar-refractivity contribution is -0.141.